The number of likely N-dealkylation sites (tertiary alicyclic amines) is 2. The molecule has 6 aromatic rings. The fourth-order valence-corrected chi connectivity index (χ4v) is 13.0. The van der Waals surface area contributed by atoms with Gasteiger partial charge in [-0.1, -0.05) is 79.0 Å². The summed E-state index contributed by atoms with van der Waals surface area (Å²) < 4.78 is 67.1. The second-order valence-electron chi connectivity index (χ2n) is 23.1. The highest BCUT2D eigenvalue weighted by atomic mass is 32.1. The molecule has 2 aliphatic heterocycles. The molecule has 0 spiro atoms. The Morgan fingerprint density at radius 3 is 2.23 bits per heavy atom. The van der Waals surface area contributed by atoms with Crippen molar-refractivity contribution in [1.29, 1.82) is 0 Å². The van der Waals surface area contributed by atoms with Crippen LogP contribution >= 0.6 is 22.7 Å². The van der Waals surface area contributed by atoms with Crippen LogP contribution < -0.4 is 15.4 Å². The molecule has 5 heterocycles. The molecule has 460 valence electrons. The lowest BCUT2D eigenvalue weighted by Crippen LogP contribution is -2.56. The van der Waals surface area contributed by atoms with Crippen LogP contribution in [0.4, 0.5) is 18.0 Å². The highest BCUT2D eigenvalue weighted by molar-refractivity contribution is 7.10. The van der Waals surface area contributed by atoms with Crippen LogP contribution in [0.3, 0.4) is 0 Å². The number of rotatable bonds is 24. The fourth-order valence-electron chi connectivity index (χ4n) is 10.9. The standard InChI is InChI=1S/C62H74F3N9O10S2/c1-40(72(5)59(79)83-60(2,3)4)53(76)69-50(42-17-10-7-11-18-42)56(78)74-26-14-23-49(74)55-67-48(38-85-55)51(75)43-19-13-22-46(36-43)82-34-33-81-32-31-80-30-29-73-27-24-61(25-28-73,58-68-47(37-86-58)41-15-8-6-9-16-41)39-66-54(77)45-21-12-20-44(35-45)52-70-57(84-71-52)62(63,64)65/h6,8-9,12-13,15-16,19-22,35-38,40,42,49-50H,7,10-11,14,17-18,23-34,39H2,1-5H3,(H,66,77)(H,69,76)/t40-,49-,50-/m0/s1. The smallest absolute Gasteiger partial charge is 0.471 e. The number of hydrogen-bond acceptors (Lipinski definition) is 17. The summed E-state index contributed by atoms with van der Waals surface area (Å²) in [6, 6.07) is 20.9. The normalized spacial score (nSPS) is 17.4. The molecule has 0 unspecified atom stereocenters. The largest absolute Gasteiger partial charge is 0.491 e. The molecule has 4 amide bonds. The van der Waals surface area contributed by atoms with Crippen molar-refractivity contribution in [2.45, 2.75) is 121 Å². The van der Waals surface area contributed by atoms with E-state index in [0.29, 0.717) is 81.6 Å². The summed E-state index contributed by atoms with van der Waals surface area (Å²) in [6.45, 7) is 11.6. The van der Waals surface area contributed by atoms with Crippen LogP contribution in [-0.2, 0) is 35.4 Å². The van der Waals surface area contributed by atoms with E-state index in [0.717, 1.165) is 67.9 Å². The van der Waals surface area contributed by atoms with E-state index in [-0.39, 0.29) is 52.9 Å². The van der Waals surface area contributed by atoms with Crippen molar-refractivity contribution in [2.75, 3.05) is 72.8 Å². The maximum absolute atomic E-state index is 14.6. The van der Waals surface area contributed by atoms with Gasteiger partial charge in [0.15, 0.2) is 0 Å². The van der Waals surface area contributed by atoms with Gasteiger partial charge < -0.3 is 43.9 Å². The van der Waals surface area contributed by atoms with E-state index in [2.05, 4.69) is 30.2 Å². The first-order valence-electron chi connectivity index (χ1n) is 29.2. The molecular formula is C62H74F3N9O10S2. The number of hydrogen-bond donors (Lipinski definition) is 2. The topological polar surface area (TPSA) is 221 Å². The predicted octanol–water partition coefficient (Wildman–Crippen LogP) is 10.4. The zero-order chi connectivity index (χ0) is 61.0. The minimum Gasteiger partial charge on any atom is -0.491 e. The molecule has 3 aromatic heterocycles. The molecule has 86 heavy (non-hydrogen) atoms. The van der Waals surface area contributed by atoms with Crippen LogP contribution in [-0.4, -0.2) is 155 Å². The van der Waals surface area contributed by atoms with E-state index in [1.165, 1.54) is 35.4 Å². The summed E-state index contributed by atoms with van der Waals surface area (Å²) in [4.78, 5) is 87.3. The van der Waals surface area contributed by atoms with Gasteiger partial charge in [-0.05, 0) is 109 Å². The van der Waals surface area contributed by atoms with Crippen molar-refractivity contribution < 1.29 is 60.6 Å². The molecule has 3 atom stereocenters. The number of ketones is 1. The van der Waals surface area contributed by atoms with Gasteiger partial charge in [0.1, 0.15) is 45.8 Å². The zero-order valence-electron chi connectivity index (χ0n) is 49.1. The average molecular weight is 1230 g/mol. The summed E-state index contributed by atoms with van der Waals surface area (Å²) in [7, 11) is 1.51. The van der Waals surface area contributed by atoms with Crippen molar-refractivity contribution in [2.24, 2.45) is 5.92 Å². The molecule has 2 saturated heterocycles. The van der Waals surface area contributed by atoms with E-state index < -0.39 is 53.1 Å². The number of ether oxygens (including phenoxy) is 4. The van der Waals surface area contributed by atoms with Gasteiger partial charge >= 0.3 is 18.2 Å². The Balaban J connectivity index is 0.710. The van der Waals surface area contributed by atoms with Crippen molar-refractivity contribution in [1.82, 2.24) is 45.4 Å². The number of benzene rings is 3. The molecular weight excluding hydrogens is 1150 g/mol. The lowest BCUT2D eigenvalue weighted by atomic mass is 9.78. The summed E-state index contributed by atoms with van der Waals surface area (Å²) in [5.41, 5.74) is 1.75. The molecule has 3 fully saturated rings. The molecule has 0 bridgehead atoms. The molecule has 3 aliphatic rings. The maximum Gasteiger partial charge on any atom is 0.471 e. The number of nitrogens with one attached hydrogen (secondary N) is 2. The molecule has 1 aliphatic carbocycles. The first-order chi connectivity index (χ1) is 41.2. The van der Waals surface area contributed by atoms with E-state index in [1.54, 1.807) is 85.7 Å². The fraction of sp³-hybridized carbons (Fsp3) is 0.500. The minimum absolute atomic E-state index is 0.0527. The highest BCUT2D eigenvalue weighted by Gasteiger charge is 2.43. The maximum atomic E-state index is 14.6. The Morgan fingerprint density at radius 2 is 1.50 bits per heavy atom. The van der Waals surface area contributed by atoms with Crippen molar-refractivity contribution in [3.63, 3.8) is 0 Å². The van der Waals surface area contributed by atoms with E-state index in [9.17, 15) is 37.1 Å². The molecule has 2 N–H and O–H groups in total. The number of amides is 4. The molecule has 1 saturated carbocycles. The van der Waals surface area contributed by atoms with Crippen LogP contribution in [0.15, 0.2) is 94.1 Å². The number of alkyl halides is 3. The van der Waals surface area contributed by atoms with Crippen LogP contribution in [0.1, 0.15) is 134 Å². The molecule has 3 aromatic carbocycles. The van der Waals surface area contributed by atoms with Crippen LogP contribution in [0.5, 0.6) is 5.75 Å². The van der Waals surface area contributed by atoms with Crippen molar-refractivity contribution in [3.05, 3.63) is 122 Å². The lowest BCUT2D eigenvalue weighted by molar-refractivity contribution is -0.159. The van der Waals surface area contributed by atoms with Crippen LogP contribution in [0.2, 0.25) is 0 Å². The average Bonchev–Trinajstić information content (AvgIpc) is 4.55. The van der Waals surface area contributed by atoms with E-state index >= 15 is 0 Å². The summed E-state index contributed by atoms with van der Waals surface area (Å²) in [5.74, 6) is -2.57. The predicted molar refractivity (Wildman–Crippen MR) is 317 cm³/mol. The Morgan fingerprint density at radius 1 is 0.791 bits per heavy atom. The van der Waals surface area contributed by atoms with Crippen LogP contribution in [0.25, 0.3) is 22.6 Å². The number of carbonyl (C=O) groups excluding carboxylic acids is 5. The SMILES string of the molecule is C[C@@H](C(=O)N[C@H](C(=O)N1CCC[C@H]1c1nc(C(=O)c2cccc(OCCOCCOCCN3CCC(CNC(=O)c4cccc(-c5noc(C(F)(F)F)n5)c4)(c4nc(-c5ccccc5)cs4)CC3)c2)cs1)C1CCCCC1)N(C)C(=O)OC(C)(C)C. The minimum atomic E-state index is -4.80. The first-order valence-corrected chi connectivity index (χ1v) is 31.0. The van der Waals surface area contributed by atoms with Crippen molar-refractivity contribution >= 4 is 52.3 Å². The van der Waals surface area contributed by atoms with Gasteiger partial charge in [-0.25, -0.2) is 14.8 Å². The lowest BCUT2D eigenvalue weighted by Gasteiger charge is -2.40. The molecule has 9 rings (SSSR count). The monoisotopic (exact) mass is 1230 g/mol. The molecule has 19 nitrogen and oxygen atoms in total. The Bertz CT molecular complexity index is 3260. The number of aromatic nitrogens is 4. The number of carbonyl (C=O) groups is 5. The first kappa shape index (κ1) is 63.4. The number of halogens is 3. The number of thiazole rings is 2. The number of piperidine rings is 1. The second-order valence-corrected chi connectivity index (χ2v) is 24.8. The van der Waals surface area contributed by atoms with Gasteiger partial charge in [0.05, 0.1) is 38.2 Å². The van der Waals surface area contributed by atoms with Gasteiger partial charge in [0.25, 0.3) is 5.91 Å². The van der Waals surface area contributed by atoms with E-state index in [1.807, 2.05) is 35.7 Å². The summed E-state index contributed by atoms with van der Waals surface area (Å²) in [6.07, 6.45) is 2.01. The zero-order valence-corrected chi connectivity index (χ0v) is 50.7. The van der Waals surface area contributed by atoms with Gasteiger partial charge in [0.2, 0.25) is 23.4 Å². The number of likely N-dealkylation sites (N-methyl/N-ethyl adjacent to an activating group) is 1. The summed E-state index contributed by atoms with van der Waals surface area (Å²) in [5, 5.41) is 14.9. The quantitative estimate of drug-likeness (QED) is 0.0425. The summed E-state index contributed by atoms with van der Waals surface area (Å²) >= 11 is 2.90. The van der Waals surface area contributed by atoms with Gasteiger partial charge in [-0.15, -0.1) is 22.7 Å². The Hall–Kier alpha value is -7.12. The van der Waals surface area contributed by atoms with Gasteiger partial charge in [-0.2, -0.15) is 18.2 Å². The Kier molecular flexibility index (Phi) is 21.1. The third kappa shape index (κ3) is 16.3. The van der Waals surface area contributed by atoms with E-state index in [4.69, 9.17) is 28.9 Å². The highest BCUT2D eigenvalue weighted by Crippen LogP contribution is 2.40. The van der Waals surface area contributed by atoms with Gasteiger partial charge in [-0.3, -0.25) is 24.1 Å². The van der Waals surface area contributed by atoms with Crippen molar-refractivity contribution in [3.8, 4) is 28.4 Å². The molecule has 0 radical (unpaired) electrons. The van der Waals surface area contributed by atoms with Crippen LogP contribution in [0, 0.1) is 5.92 Å². The third-order valence-electron chi connectivity index (χ3n) is 15.9. The third-order valence-corrected chi connectivity index (χ3v) is 17.9. The number of nitrogens with zero attached hydrogens (tertiary/aromatic N) is 7. The molecule has 24 heteroatoms. The van der Waals surface area contributed by atoms with Gasteiger partial charge in [0, 0.05) is 65.1 Å². The second kappa shape index (κ2) is 28.6. The Labute approximate surface area is 506 Å².